The van der Waals surface area contributed by atoms with Crippen molar-refractivity contribution in [2.45, 2.75) is 65.7 Å². The molecule has 1 aromatic heterocycles. The smallest absolute Gasteiger partial charge is 0.139 e. The number of hydrogen-bond donors (Lipinski definition) is 1. The van der Waals surface area contributed by atoms with E-state index in [1.165, 1.54) is 22.3 Å². The first kappa shape index (κ1) is 17.7. The molecular weight excluding hydrogens is 304 g/mol. The summed E-state index contributed by atoms with van der Waals surface area (Å²) in [4.78, 5) is 8.54. The largest absolute Gasteiger partial charge is 0.338 e. The van der Waals surface area contributed by atoms with Crippen LogP contribution in [-0.2, 0) is 5.41 Å². The number of imidazole rings is 1. The first-order valence-electron chi connectivity index (χ1n) is 9.32. The summed E-state index contributed by atoms with van der Waals surface area (Å²) in [5.41, 5.74) is 7.63. The monoisotopic (exact) mass is 334 g/mol. The van der Waals surface area contributed by atoms with Crippen molar-refractivity contribution in [3.63, 3.8) is 0 Å². The molecule has 0 radical (unpaired) electrons. The fourth-order valence-electron chi connectivity index (χ4n) is 3.42. The van der Waals surface area contributed by atoms with Crippen LogP contribution in [0.1, 0.15) is 77.0 Å². The Labute approximate surface area is 151 Å². The number of aromatic amines is 1. The third-order valence-electron chi connectivity index (χ3n) is 4.96. The summed E-state index contributed by atoms with van der Waals surface area (Å²) in [6.45, 7) is 15.8. The molecule has 1 heterocycles. The lowest BCUT2D eigenvalue weighted by Crippen LogP contribution is -2.10. The Kier molecular flexibility index (Phi) is 4.49. The molecule has 1 N–H and O–H groups in total. The lowest BCUT2D eigenvalue weighted by molar-refractivity contribution is 0.591. The van der Waals surface area contributed by atoms with E-state index < -0.39 is 0 Å². The minimum Gasteiger partial charge on any atom is -0.338 e. The van der Waals surface area contributed by atoms with Crippen molar-refractivity contribution in [3.05, 3.63) is 53.1 Å². The van der Waals surface area contributed by atoms with E-state index in [9.17, 15) is 0 Å². The van der Waals surface area contributed by atoms with Crippen LogP contribution in [0.4, 0.5) is 0 Å². The van der Waals surface area contributed by atoms with E-state index in [4.69, 9.17) is 4.98 Å². The van der Waals surface area contributed by atoms with Crippen LogP contribution in [0.25, 0.3) is 22.4 Å². The Morgan fingerprint density at radius 2 is 1.48 bits per heavy atom. The van der Waals surface area contributed by atoms with Crippen molar-refractivity contribution >= 4 is 11.0 Å². The number of hydrogen-bond acceptors (Lipinski definition) is 1. The lowest BCUT2D eigenvalue weighted by Gasteiger charge is -2.18. The molecule has 0 saturated heterocycles. The van der Waals surface area contributed by atoms with Gasteiger partial charge in [-0.05, 0) is 46.1 Å². The molecule has 2 heteroatoms. The minimum atomic E-state index is 0.137. The maximum atomic E-state index is 4.94. The molecule has 0 atom stereocenters. The molecule has 2 nitrogen and oxygen atoms in total. The standard InChI is InChI=1S/C23H30N2/c1-14(2)17-9-8-10-18(15(3)4)21(17)22-24-19-12-11-16(23(5,6)7)13-20(19)25-22/h8-15H,1-7H3,(H,24,25). The van der Waals surface area contributed by atoms with Gasteiger partial charge < -0.3 is 4.98 Å². The molecule has 0 saturated carbocycles. The Morgan fingerprint density at radius 3 is 2.00 bits per heavy atom. The van der Waals surface area contributed by atoms with Gasteiger partial charge in [0.1, 0.15) is 5.82 Å². The number of nitrogens with zero attached hydrogens (tertiary/aromatic N) is 1. The molecule has 132 valence electrons. The molecule has 25 heavy (non-hydrogen) atoms. The quantitative estimate of drug-likeness (QED) is 0.562. The number of H-pyrrole nitrogens is 1. The minimum absolute atomic E-state index is 0.137. The van der Waals surface area contributed by atoms with Crippen LogP contribution in [0, 0.1) is 0 Å². The molecule has 0 aliphatic carbocycles. The normalized spacial score (nSPS) is 12.5. The van der Waals surface area contributed by atoms with Gasteiger partial charge in [0.15, 0.2) is 0 Å². The molecule has 0 aliphatic heterocycles. The van der Waals surface area contributed by atoms with Crippen molar-refractivity contribution in [1.29, 1.82) is 0 Å². The van der Waals surface area contributed by atoms with E-state index in [0.717, 1.165) is 16.9 Å². The van der Waals surface area contributed by atoms with Crippen molar-refractivity contribution < 1.29 is 0 Å². The fourth-order valence-corrected chi connectivity index (χ4v) is 3.42. The van der Waals surface area contributed by atoms with Gasteiger partial charge in [0.25, 0.3) is 0 Å². The van der Waals surface area contributed by atoms with Crippen LogP contribution in [0.2, 0.25) is 0 Å². The van der Waals surface area contributed by atoms with Crippen LogP contribution >= 0.6 is 0 Å². The average Bonchev–Trinajstić information content (AvgIpc) is 2.95. The predicted molar refractivity (Wildman–Crippen MR) is 108 cm³/mol. The van der Waals surface area contributed by atoms with Gasteiger partial charge in [-0.25, -0.2) is 4.98 Å². The second kappa shape index (κ2) is 6.33. The molecular formula is C23H30N2. The maximum Gasteiger partial charge on any atom is 0.139 e. The van der Waals surface area contributed by atoms with Crippen LogP contribution in [0.15, 0.2) is 36.4 Å². The molecule has 0 amide bonds. The first-order valence-corrected chi connectivity index (χ1v) is 9.32. The highest BCUT2D eigenvalue weighted by atomic mass is 14.9. The summed E-state index contributed by atoms with van der Waals surface area (Å²) < 4.78 is 0. The Morgan fingerprint density at radius 1 is 0.880 bits per heavy atom. The van der Waals surface area contributed by atoms with Gasteiger partial charge >= 0.3 is 0 Å². The zero-order valence-corrected chi connectivity index (χ0v) is 16.6. The van der Waals surface area contributed by atoms with Crippen LogP contribution < -0.4 is 0 Å². The van der Waals surface area contributed by atoms with Crippen molar-refractivity contribution in [1.82, 2.24) is 9.97 Å². The summed E-state index contributed by atoms with van der Waals surface area (Å²) in [5.74, 6) is 1.92. The third kappa shape index (κ3) is 3.35. The van der Waals surface area contributed by atoms with Gasteiger partial charge in [-0.1, -0.05) is 72.7 Å². The fraction of sp³-hybridized carbons (Fsp3) is 0.435. The second-order valence-electron chi connectivity index (χ2n) is 8.69. The Balaban J connectivity index is 2.23. The van der Waals surface area contributed by atoms with Crippen LogP contribution in [-0.4, -0.2) is 9.97 Å². The van der Waals surface area contributed by atoms with E-state index >= 15 is 0 Å². The Bertz CT molecular complexity index is 866. The molecule has 3 aromatic rings. The van der Waals surface area contributed by atoms with Gasteiger partial charge in [0.2, 0.25) is 0 Å². The molecule has 0 bridgehead atoms. The predicted octanol–water partition coefficient (Wildman–Crippen LogP) is 6.77. The van der Waals surface area contributed by atoms with Crippen molar-refractivity contribution in [3.8, 4) is 11.4 Å². The summed E-state index contributed by atoms with van der Waals surface area (Å²) in [6, 6.07) is 13.2. The molecule has 0 spiro atoms. The molecule has 2 aromatic carbocycles. The van der Waals surface area contributed by atoms with Gasteiger partial charge in [0, 0.05) is 5.56 Å². The topological polar surface area (TPSA) is 28.7 Å². The van der Waals surface area contributed by atoms with E-state index in [1.807, 2.05) is 0 Å². The van der Waals surface area contributed by atoms with E-state index in [1.54, 1.807) is 0 Å². The van der Waals surface area contributed by atoms with Gasteiger partial charge in [-0.15, -0.1) is 0 Å². The average molecular weight is 335 g/mol. The van der Waals surface area contributed by atoms with Crippen molar-refractivity contribution in [2.24, 2.45) is 0 Å². The second-order valence-corrected chi connectivity index (χ2v) is 8.69. The summed E-state index contributed by atoms with van der Waals surface area (Å²) >= 11 is 0. The number of nitrogens with one attached hydrogen (secondary N) is 1. The molecule has 0 aliphatic rings. The molecule has 0 fully saturated rings. The number of fused-ring (bicyclic) bond motifs is 1. The van der Waals surface area contributed by atoms with E-state index in [0.29, 0.717) is 11.8 Å². The molecule has 0 unspecified atom stereocenters. The zero-order chi connectivity index (χ0) is 18.4. The summed E-state index contributed by atoms with van der Waals surface area (Å²) in [6.07, 6.45) is 0. The maximum absolute atomic E-state index is 4.94. The first-order chi connectivity index (χ1) is 11.7. The van der Waals surface area contributed by atoms with Gasteiger partial charge in [-0.3, -0.25) is 0 Å². The number of rotatable bonds is 3. The third-order valence-corrected chi connectivity index (χ3v) is 4.96. The van der Waals surface area contributed by atoms with Gasteiger partial charge in [-0.2, -0.15) is 0 Å². The van der Waals surface area contributed by atoms with Crippen LogP contribution in [0.3, 0.4) is 0 Å². The SMILES string of the molecule is CC(C)c1cccc(C(C)C)c1-c1nc2ccc(C(C)(C)C)cc2[nH]1. The summed E-state index contributed by atoms with van der Waals surface area (Å²) in [5, 5.41) is 0. The van der Waals surface area contributed by atoms with Crippen molar-refractivity contribution in [2.75, 3.05) is 0 Å². The highest BCUT2D eigenvalue weighted by Crippen LogP contribution is 2.36. The lowest BCUT2D eigenvalue weighted by atomic mass is 9.87. The number of aromatic nitrogens is 2. The Hall–Kier alpha value is -2.09. The van der Waals surface area contributed by atoms with Crippen LogP contribution in [0.5, 0.6) is 0 Å². The summed E-state index contributed by atoms with van der Waals surface area (Å²) in [7, 11) is 0. The van der Waals surface area contributed by atoms with E-state index in [2.05, 4.69) is 89.8 Å². The van der Waals surface area contributed by atoms with E-state index in [-0.39, 0.29) is 5.41 Å². The zero-order valence-electron chi connectivity index (χ0n) is 16.6. The molecule has 3 rings (SSSR count). The number of benzene rings is 2. The highest BCUT2D eigenvalue weighted by molar-refractivity contribution is 5.82. The van der Waals surface area contributed by atoms with Gasteiger partial charge in [0.05, 0.1) is 11.0 Å². The highest BCUT2D eigenvalue weighted by Gasteiger charge is 2.19.